The van der Waals surface area contributed by atoms with Gasteiger partial charge in [-0.05, 0) is 18.9 Å². The van der Waals surface area contributed by atoms with Crippen LogP contribution in [-0.4, -0.2) is 36.6 Å². The molecule has 1 saturated heterocycles. The summed E-state index contributed by atoms with van der Waals surface area (Å²) >= 11 is 0. The van der Waals surface area contributed by atoms with Crippen molar-refractivity contribution in [2.75, 3.05) is 19.7 Å². The van der Waals surface area contributed by atoms with Crippen molar-refractivity contribution in [3.8, 4) is 0 Å². The molecular formula is C14H19NO2. The first kappa shape index (κ1) is 12.1. The number of aryl methyl sites for hydroxylation is 1. The molecule has 1 aromatic rings. The lowest BCUT2D eigenvalue weighted by molar-refractivity contribution is -0.138. The minimum absolute atomic E-state index is 0.171. The molecule has 0 N–H and O–H groups in total. The second-order valence-corrected chi connectivity index (χ2v) is 4.51. The van der Waals surface area contributed by atoms with E-state index in [2.05, 4.69) is 12.1 Å². The number of nitrogens with zero attached hydrogens (tertiary/aromatic N) is 1. The van der Waals surface area contributed by atoms with Crippen molar-refractivity contribution in [3.63, 3.8) is 0 Å². The standard InChI is InChI=1S/C14H19NO2/c1-12-11-15(9-10-17-12)14(16)8-7-13-5-3-2-4-6-13/h2-6,12H,7-11H2,1H3/t12-/m0/s1. The predicted octanol–water partition coefficient (Wildman–Crippen LogP) is 1.87. The van der Waals surface area contributed by atoms with Gasteiger partial charge in [0.15, 0.2) is 0 Å². The van der Waals surface area contributed by atoms with E-state index in [1.54, 1.807) is 0 Å². The van der Waals surface area contributed by atoms with Gasteiger partial charge in [0.2, 0.25) is 5.91 Å². The van der Waals surface area contributed by atoms with E-state index in [1.165, 1.54) is 5.56 Å². The molecule has 0 aromatic heterocycles. The van der Waals surface area contributed by atoms with Crippen molar-refractivity contribution < 1.29 is 9.53 Å². The summed E-state index contributed by atoms with van der Waals surface area (Å²) in [5.41, 5.74) is 1.22. The summed E-state index contributed by atoms with van der Waals surface area (Å²) in [7, 11) is 0. The van der Waals surface area contributed by atoms with Gasteiger partial charge in [-0.15, -0.1) is 0 Å². The lowest BCUT2D eigenvalue weighted by atomic mass is 10.1. The highest BCUT2D eigenvalue weighted by Gasteiger charge is 2.20. The van der Waals surface area contributed by atoms with E-state index >= 15 is 0 Å². The van der Waals surface area contributed by atoms with Crippen LogP contribution in [-0.2, 0) is 16.0 Å². The quantitative estimate of drug-likeness (QED) is 0.797. The maximum atomic E-state index is 12.0. The van der Waals surface area contributed by atoms with E-state index in [4.69, 9.17) is 4.74 Å². The van der Waals surface area contributed by atoms with Crippen molar-refractivity contribution >= 4 is 5.91 Å². The molecule has 1 aliphatic rings. The average molecular weight is 233 g/mol. The van der Waals surface area contributed by atoms with Gasteiger partial charge in [-0.25, -0.2) is 0 Å². The van der Waals surface area contributed by atoms with Crippen LogP contribution in [0.25, 0.3) is 0 Å². The van der Waals surface area contributed by atoms with Crippen LogP contribution in [0.4, 0.5) is 0 Å². The van der Waals surface area contributed by atoms with Crippen LogP contribution in [0.3, 0.4) is 0 Å². The Morgan fingerprint density at radius 1 is 1.41 bits per heavy atom. The van der Waals surface area contributed by atoms with Crippen LogP contribution in [0.5, 0.6) is 0 Å². The Morgan fingerprint density at radius 3 is 2.88 bits per heavy atom. The van der Waals surface area contributed by atoms with Crippen LogP contribution in [0.15, 0.2) is 30.3 Å². The van der Waals surface area contributed by atoms with E-state index in [9.17, 15) is 4.79 Å². The largest absolute Gasteiger partial charge is 0.375 e. The van der Waals surface area contributed by atoms with Gasteiger partial charge >= 0.3 is 0 Å². The van der Waals surface area contributed by atoms with Gasteiger partial charge in [0, 0.05) is 19.5 Å². The Hall–Kier alpha value is -1.35. The molecule has 1 heterocycles. The number of morpholine rings is 1. The first-order chi connectivity index (χ1) is 8.25. The Bertz CT molecular complexity index is 364. The molecule has 17 heavy (non-hydrogen) atoms. The smallest absolute Gasteiger partial charge is 0.223 e. The molecule has 1 amide bonds. The molecule has 92 valence electrons. The summed E-state index contributed by atoms with van der Waals surface area (Å²) in [4.78, 5) is 13.9. The van der Waals surface area contributed by atoms with Crippen LogP contribution in [0, 0.1) is 0 Å². The van der Waals surface area contributed by atoms with Gasteiger partial charge in [-0.3, -0.25) is 4.79 Å². The van der Waals surface area contributed by atoms with Crippen LogP contribution in [0.2, 0.25) is 0 Å². The lowest BCUT2D eigenvalue weighted by Crippen LogP contribution is -2.44. The Kier molecular flexibility index (Phi) is 4.15. The van der Waals surface area contributed by atoms with Crippen LogP contribution in [0.1, 0.15) is 18.9 Å². The highest BCUT2D eigenvalue weighted by atomic mass is 16.5. The third-order valence-electron chi connectivity index (χ3n) is 3.06. The summed E-state index contributed by atoms with van der Waals surface area (Å²) in [6.07, 6.45) is 1.59. The molecule has 1 atom stereocenters. The van der Waals surface area contributed by atoms with Crippen LogP contribution >= 0.6 is 0 Å². The minimum atomic E-state index is 0.171. The van der Waals surface area contributed by atoms with Crippen molar-refractivity contribution in [2.24, 2.45) is 0 Å². The SMILES string of the molecule is C[C@H]1CN(C(=O)CCc2ccccc2)CCO1. The van der Waals surface area contributed by atoms with E-state index in [-0.39, 0.29) is 12.0 Å². The first-order valence-corrected chi connectivity index (χ1v) is 6.19. The first-order valence-electron chi connectivity index (χ1n) is 6.19. The molecule has 3 nitrogen and oxygen atoms in total. The molecule has 0 radical (unpaired) electrons. The van der Waals surface area contributed by atoms with Crippen molar-refractivity contribution in [2.45, 2.75) is 25.9 Å². The fourth-order valence-electron chi connectivity index (χ4n) is 2.10. The molecule has 1 aromatic carbocycles. The number of carbonyl (C=O) groups is 1. The van der Waals surface area contributed by atoms with Crippen molar-refractivity contribution in [3.05, 3.63) is 35.9 Å². The lowest BCUT2D eigenvalue weighted by Gasteiger charge is -2.31. The number of hydrogen-bond acceptors (Lipinski definition) is 2. The molecule has 0 bridgehead atoms. The molecule has 0 unspecified atom stereocenters. The van der Waals surface area contributed by atoms with Crippen molar-refractivity contribution in [1.29, 1.82) is 0 Å². The number of amides is 1. The molecule has 3 heteroatoms. The molecule has 0 saturated carbocycles. The highest BCUT2D eigenvalue weighted by molar-refractivity contribution is 5.76. The number of ether oxygens (including phenoxy) is 1. The number of carbonyl (C=O) groups excluding carboxylic acids is 1. The number of benzene rings is 1. The average Bonchev–Trinajstić information content (AvgIpc) is 2.37. The minimum Gasteiger partial charge on any atom is -0.375 e. The van der Waals surface area contributed by atoms with Gasteiger partial charge in [0.1, 0.15) is 0 Å². The Labute approximate surface area is 102 Å². The molecule has 1 fully saturated rings. The second-order valence-electron chi connectivity index (χ2n) is 4.51. The fourth-order valence-corrected chi connectivity index (χ4v) is 2.10. The third kappa shape index (κ3) is 3.56. The van der Waals surface area contributed by atoms with E-state index < -0.39 is 0 Å². The summed E-state index contributed by atoms with van der Waals surface area (Å²) in [6, 6.07) is 10.1. The van der Waals surface area contributed by atoms with Gasteiger partial charge in [0.25, 0.3) is 0 Å². The molecule has 0 aliphatic carbocycles. The molecule has 2 rings (SSSR count). The number of rotatable bonds is 3. The Morgan fingerprint density at radius 2 is 2.18 bits per heavy atom. The highest BCUT2D eigenvalue weighted by Crippen LogP contribution is 2.09. The monoisotopic (exact) mass is 233 g/mol. The summed E-state index contributed by atoms with van der Waals surface area (Å²) in [6.45, 7) is 4.14. The fraction of sp³-hybridized carbons (Fsp3) is 0.500. The third-order valence-corrected chi connectivity index (χ3v) is 3.06. The second kappa shape index (κ2) is 5.82. The summed E-state index contributed by atoms with van der Waals surface area (Å²) < 4.78 is 5.43. The molecular weight excluding hydrogens is 214 g/mol. The molecule has 0 spiro atoms. The summed E-state index contributed by atoms with van der Waals surface area (Å²) in [5, 5.41) is 0. The topological polar surface area (TPSA) is 29.5 Å². The van der Waals surface area contributed by atoms with E-state index in [0.29, 0.717) is 13.0 Å². The zero-order chi connectivity index (χ0) is 12.1. The zero-order valence-electron chi connectivity index (χ0n) is 10.3. The molecule has 1 aliphatic heterocycles. The van der Waals surface area contributed by atoms with Gasteiger partial charge in [0.05, 0.1) is 12.7 Å². The van der Waals surface area contributed by atoms with Gasteiger partial charge in [-0.2, -0.15) is 0 Å². The maximum Gasteiger partial charge on any atom is 0.223 e. The van der Waals surface area contributed by atoms with Gasteiger partial charge in [-0.1, -0.05) is 30.3 Å². The Balaban J connectivity index is 1.81. The van der Waals surface area contributed by atoms with Gasteiger partial charge < -0.3 is 9.64 Å². The normalized spacial score (nSPS) is 20.3. The predicted molar refractivity (Wildman–Crippen MR) is 66.8 cm³/mol. The maximum absolute atomic E-state index is 12.0. The number of hydrogen-bond donors (Lipinski definition) is 0. The van der Waals surface area contributed by atoms with Crippen LogP contribution < -0.4 is 0 Å². The van der Waals surface area contributed by atoms with E-state index in [0.717, 1.165) is 19.5 Å². The van der Waals surface area contributed by atoms with Crippen molar-refractivity contribution in [1.82, 2.24) is 4.90 Å². The van der Waals surface area contributed by atoms with E-state index in [1.807, 2.05) is 30.0 Å². The zero-order valence-corrected chi connectivity index (χ0v) is 10.3. The summed E-state index contributed by atoms with van der Waals surface area (Å²) in [5.74, 6) is 0.240.